The van der Waals surface area contributed by atoms with Crippen LogP contribution in [0.15, 0.2) is 54.6 Å². The molecule has 1 aliphatic carbocycles. The molecular formula is C22H20F3NO2. The van der Waals surface area contributed by atoms with Crippen LogP contribution in [-0.4, -0.2) is 12.6 Å². The van der Waals surface area contributed by atoms with Crippen molar-refractivity contribution in [2.75, 3.05) is 11.9 Å². The van der Waals surface area contributed by atoms with E-state index in [1.165, 1.54) is 12.1 Å². The number of rotatable bonds is 3. The highest BCUT2D eigenvalue weighted by Gasteiger charge is 2.43. The molecule has 0 radical (unpaired) electrons. The lowest BCUT2D eigenvalue weighted by atomic mass is 9.75. The van der Waals surface area contributed by atoms with Crippen molar-refractivity contribution in [2.24, 2.45) is 5.92 Å². The first-order chi connectivity index (χ1) is 13.4. The van der Waals surface area contributed by atoms with Crippen LogP contribution >= 0.6 is 0 Å². The molecule has 1 aliphatic heterocycles. The summed E-state index contributed by atoms with van der Waals surface area (Å²) in [6.07, 6.45) is 0.271. The molecule has 0 unspecified atom stereocenters. The maximum atomic E-state index is 13.6. The molecule has 28 heavy (non-hydrogen) atoms. The SMILES string of the molecule is CCOC(=O)c1cccc2c1N[C@H](c1ccccc1C(F)(F)F)[C@@H]1CC=C[C@@H]21. The third kappa shape index (κ3) is 3.07. The summed E-state index contributed by atoms with van der Waals surface area (Å²) in [4.78, 5) is 12.4. The molecule has 4 rings (SSSR count). The number of fused-ring (bicyclic) bond motifs is 3. The first-order valence-electron chi connectivity index (χ1n) is 9.31. The number of para-hydroxylation sites is 1. The van der Waals surface area contributed by atoms with Crippen LogP contribution in [0.4, 0.5) is 18.9 Å². The van der Waals surface area contributed by atoms with Crippen LogP contribution in [0.25, 0.3) is 0 Å². The molecule has 0 bridgehead atoms. The van der Waals surface area contributed by atoms with E-state index in [-0.39, 0.29) is 24.0 Å². The Labute approximate surface area is 161 Å². The van der Waals surface area contributed by atoms with Gasteiger partial charge in [-0.15, -0.1) is 0 Å². The van der Waals surface area contributed by atoms with Crippen molar-refractivity contribution in [3.05, 3.63) is 76.9 Å². The minimum absolute atomic E-state index is 0.0445. The average molecular weight is 387 g/mol. The van der Waals surface area contributed by atoms with Gasteiger partial charge in [-0.1, -0.05) is 42.5 Å². The second-order valence-electron chi connectivity index (χ2n) is 7.05. The van der Waals surface area contributed by atoms with Gasteiger partial charge in [0.1, 0.15) is 0 Å². The van der Waals surface area contributed by atoms with Gasteiger partial charge in [0.05, 0.1) is 29.5 Å². The van der Waals surface area contributed by atoms with E-state index >= 15 is 0 Å². The molecule has 3 nitrogen and oxygen atoms in total. The highest BCUT2D eigenvalue weighted by atomic mass is 19.4. The summed E-state index contributed by atoms with van der Waals surface area (Å²) >= 11 is 0. The van der Waals surface area contributed by atoms with Gasteiger partial charge in [0.25, 0.3) is 0 Å². The van der Waals surface area contributed by atoms with Crippen LogP contribution in [0.3, 0.4) is 0 Å². The van der Waals surface area contributed by atoms with E-state index in [0.717, 1.165) is 11.6 Å². The molecule has 6 heteroatoms. The molecule has 2 aromatic rings. The monoisotopic (exact) mass is 387 g/mol. The summed E-state index contributed by atoms with van der Waals surface area (Å²) in [5.74, 6) is -0.569. The Kier molecular flexibility index (Phi) is 4.65. The predicted octanol–water partition coefficient (Wildman–Crippen LogP) is 5.71. The smallest absolute Gasteiger partial charge is 0.416 e. The number of ether oxygens (including phenoxy) is 1. The Morgan fingerprint density at radius 3 is 2.64 bits per heavy atom. The van der Waals surface area contributed by atoms with Crippen molar-refractivity contribution in [3.8, 4) is 0 Å². The summed E-state index contributed by atoms with van der Waals surface area (Å²) < 4.78 is 46.0. The summed E-state index contributed by atoms with van der Waals surface area (Å²) in [6, 6.07) is 10.5. The van der Waals surface area contributed by atoms with Crippen LogP contribution in [-0.2, 0) is 10.9 Å². The van der Waals surface area contributed by atoms with Crippen molar-refractivity contribution in [1.29, 1.82) is 0 Å². The number of esters is 1. The van der Waals surface area contributed by atoms with Gasteiger partial charge in [0, 0.05) is 5.92 Å². The minimum Gasteiger partial charge on any atom is -0.462 e. The minimum atomic E-state index is -4.44. The lowest BCUT2D eigenvalue weighted by Crippen LogP contribution is -2.32. The van der Waals surface area contributed by atoms with Gasteiger partial charge < -0.3 is 10.1 Å². The Balaban J connectivity index is 1.84. The lowest BCUT2D eigenvalue weighted by Gasteiger charge is -2.39. The van der Waals surface area contributed by atoms with Gasteiger partial charge in [-0.25, -0.2) is 4.79 Å². The fourth-order valence-corrected chi connectivity index (χ4v) is 4.33. The molecule has 0 saturated heterocycles. The molecule has 1 N–H and O–H groups in total. The van der Waals surface area contributed by atoms with Crippen LogP contribution in [0.1, 0.15) is 52.4 Å². The van der Waals surface area contributed by atoms with Gasteiger partial charge in [-0.2, -0.15) is 13.2 Å². The van der Waals surface area contributed by atoms with Crippen molar-refractivity contribution < 1.29 is 22.7 Å². The topological polar surface area (TPSA) is 38.3 Å². The molecule has 0 fully saturated rings. The average Bonchev–Trinajstić information content (AvgIpc) is 3.16. The Bertz CT molecular complexity index is 936. The second kappa shape index (κ2) is 7.00. The number of anilines is 1. The van der Waals surface area contributed by atoms with Crippen LogP contribution in [0, 0.1) is 5.92 Å². The number of hydrogen-bond acceptors (Lipinski definition) is 3. The Hall–Kier alpha value is -2.76. The van der Waals surface area contributed by atoms with Crippen molar-refractivity contribution >= 4 is 11.7 Å². The van der Waals surface area contributed by atoms with Crippen molar-refractivity contribution in [2.45, 2.75) is 31.5 Å². The van der Waals surface area contributed by atoms with E-state index in [1.807, 2.05) is 18.2 Å². The zero-order chi connectivity index (χ0) is 19.9. The van der Waals surface area contributed by atoms with Crippen LogP contribution in [0.5, 0.6) is 0 Å². The van der Waals surface area contributed by atoms with E-state index < -0.39 is 23.8 Å². The van der Waals surface area contributed by atoms with E-state index in [9.17, 15) is 18.0 Å². The van der Waals surface area contributed by atoms with Crippen molar-refractivity contribution in [1.82, 2.24) is 0 Å². The number of hydrogen-bond donors (Lipinski definition) is 1. The molecule has 3 atom stereocenters. The molecule has 0 saturated carbocycles. The highest BCUT2D eigenvalue weighted by Crippen LogP contribution is 2.52. The fraction of sp³-hybridized carbons (Fsp3) is 0.318. The maximum absolute atomic E-state index is 13.6. The van der Waals surface area contributed by atoms with E-state index in [0.29, 0.717) is 17.7 Å². The molecule has 0 amide bonds. The molecule has 1 heterocycles. The third-order valence-corrected chi connectivity index (χ3v) is 5.49. The first kappa shape index (κ1) is 18.6. The number of nitrogens with one attached hydrogen (secondary N) is 1. The van der Waals surface area contributed by atoms with Gasteiger partial charge >= 0.3 is 12.1 Å². The highest BCUT2D eigenvalue weighted by molar-refractivity contribution is 5.97. The Morgan fingerprint density at radius 1 is 1.14 bits per heavy atom. The molecule has 0 aromatic heterocycles. The quantitative estimate of drug-likeness (QED) is 0.542. The lowest BCUT2D eigenvalue weighted by molar-refractivity contribution is -0.138. The molecule has 2 aromatic carbocycles. The van der Waals surface area contributed by atoms with Crippen molar-refractivity contribution in [3.63, 3.8) is 0 Å². The molecule has 146 valence electrons. The Morgan fingerprint density at radius 2 is 1.89 bits per heavy atom. The summed E-state index contributed by atoms with van der Waals surface area (Å²) in [6.45, 7) is 1.95. The van der Waals surface area contributed by atoms with Crippen LogP contribution in [0.2, 0.25) is 0 Å². The zero-order valence-corrected chi connectivity index (χ0v) is 15.3. The summed E-state index contributed by atoms with van der Waals surface area (Å²) in [5.41, 5.74) is 1.40. The summed E-state index contributed by atoms with van der Waals surface area (Å²) in [7, 11) is 0. The van der Waals surface area contributed by atoms with Gasteiger partial charge in [0.2, 0.25) is 0 Å². The van der Waals surface area contributed by atoms with E-state index in [1.54, 1.807) is 25.1 Å². The van der Waals surface area contributed by atoms with Gasteiger partial charge in [-0.3, -0.25) is 0 Å². The number of carbonyl (C=O) groups is 1. The maximum Gasteiger partial charge on any atom is 0.416 e. The zero-order valence-electron chi connectivity index (χ0n) is 15.3. The predicted molar refractivity (Wildman–Crippen MR) is 100 cm³/mol. The fourth-order valence-electron chi connectivity index (χ4n) is 4.33. The van der Waals surface area contributed by atoms with Gasteiger partial charge in [-0.05, 0) is 42.5 Å². The first-order valence-corrected chi connectivity index (χ1v) is 9.31. The van der Waals surface area contributed by atoms with E-state index in [4.69, 9.17) is 4.74 Å². The third-order valence-electron chi connectivity index (χ3n) is 5.49. The second-order valence-corrected chi connectivity index (χ2v) is 7.05. The molecular weight excluding hydrogens is 367 g/mol. The number of alkyl halides is 3. The van der Waals surface area contributed by atoms with Gasteiger partial charge in [0.15, 0.2) is 0 Å². The number of carbonyl (C=O) groups excluding carboxylic acids is 1. The number of allylic oxidation sites excluding steroid dienone is 2. The molecule has 2 aliphatic rings. The normalized spacial score (nSPS) is 22.9. The van der Waals surface area contributed by atoms with E-state index in [2.05, 4.69) is 5.32 Å². The molecule has 0 spiro atoms. The largest absolute Gasteiger partial charge is 0.462 e. The summed E-state index contributed by atoms with van der Waals surface area (Å²) in [5, 5.41) is 3.26. The van der Waals surface area contributed by atoms with Crippen LogP contribution < -0.4 is 5.32 Å². The number of halogens is 3. The standard InChI is InChI=1S/C22H20F3NO2/c1-2-28-21(27)17-11-6-10-15-13-8-5-9-14(13)19(26-20(15)17)16-7-3-4-12-18(16)22(23,24)25/h3-8,10-14,19,26H,2,9H2,1H3/t13-,14-,19+/m1/s1. The number of benzene rings is 2.